The van der Waals surface area contributed by atoms with Crippen LogP contribution in [0.5, 0.6) is 0 Å². The Labute approximate surface area is 95.7 Å². The maximum atomic E-state index is 12.1. The number of carbonyl (C=O) groups excluding carboxylic acids is 2. The number of piperazine rings is 1. The van der Waals surface area contributed by atoms with Gasteiger partial charge in [0.15, 0.2) is 0 Å². The maximum absolute atomic E-state index is 12.1. The van der Waals surface area contributed by atoms with E-state index in [1.807, 2.05) is 6.92 Å². The second-order valence-corrected chi connectivity index (χ2v) is 4.43. The molecule has 2 rings (SSSR count). The average molecular weight is 222 g/mol. The van der Waals surface area contributed by atoms with Crippen LogP contribution in [0.15, 0.2) is 12.2 Å². The first-order valence-electron chi connectivity index (χ1n) is 5.97. The number of rotatable bonds is 2. The summed E-state index contributed by atoms with van der Waals surface area (Å²) in [5.74, 6) is 0.0587. The van der Waals surface area contributed by atoms with Crippen molar-refractivity contribution in [2.75, 3.05) is 6.54 Å². The standard InChI is InChI=1S/C12H18N2O2/c1-2-10-12(16)14(8-11(15)13-10)9-6-4-3-5-7-9/h3-4,9-10H,2,5-8H2,1H3,(H,13,15). The summed E-state index contributed by atoms with van der Waals surface area (Å²) in [5.41, 5.74) is 0. The molecule has 0 radical (unpaired) electrons. The van der Waals surface area contributed by atoms with Crippen LogP contribution < -0.4 is 5.32 Å². The molecule has 1 fully saturated rings. The molecule has 1 aliphatic heterocycles. The SMILES string of the molecule is CCC1NC(=O)CN(C2CC=CCC2)C1=O. The van der Waals surface area contributed by atoms with Crippen LogP contribution in [0, 0.1) is 0 Å². The highest BCUT2D eigenvalue weighted by Gasteiger charge is 2.35. The van der Waals surface area contributed by atoms with E-state index in [1.165, 1.54) is 0 Å². The third-order valence-electron chi connectivity index (χ3n) is 3.32. The van der Waals surface area contributed by atoms with Gasteiger partial charge in [0.25, 0.3) is 0 Å². The molecule has 0 aromatic rings. The van der Waals surface area contributed by atoms with Gasteiger partial charge in [0.1, 0.15) is 6.04 Å². The second-order valence-electron chi connectivity index (χ2n) is 4.43. The van der Waals surface area contributed by atoms with Crippen molar-refractivity contribution in [3.8, 4) is 0 Å². The number of allylic oxidation sites excluding steroid dienone is 1. The van der Waals surface area contributed by atoms with Crippen LogP contribution in [0.1, 0.15) is 32.6 Å². The molecule has 1 N–H and O–H groups in total. The van der Waals surface area contributed by atoms with E-state index in [4.69, 9.17) is 0 Å². The van der Waals surface area contributed by atoms with Crippen LogP contribution in [0.3, 0.4) is 0 Å². The van der Waals surface area contributed by atoms with Gasteiger partial charge in [-0.25, -0.2) is 0 Å². The lowest BCUT2D eigenvalue weighted by Gasteiger charge is -2.38. The first kappa shape index (κ1) is 11.2. The zero-order valence-electron chi connectivity index (χ0n) is 9.61. The molecule has 1 heterocycles. The van der Waals surface area contributed by atoms with Crippen molar-refractivity contribution < 1.29 is 9.59 Å². The molecule has 2 aliphatic rings. The molecule has 4 nitrogen and oxygen atoms in total. The first-order chi connectivity index (χ1) is 7.72. The van der Waals surface area contributed by atoms with Crippen molar-refractivity contribution in [1.29, 1.82) is 0 Å². The fourth-order valence-corrected chi connectivity index (χ4v) is 2.38. The molecule has 2 atom stereocenters. The quantitative estimate of drug-likeness (QED) is 0.704. The largest absolute Gasteiger partial charge is 0.343 e. The summed E-state index contributed by atoms with van der Waals surface area (Å²) in [6, 6.07) is -0.0928. The highest BCUT2D eigenvalue weighted by molar-refractivity contribution is 5.95. The van der Waals surface area contributed by atoms with Crippen molar-refractivity contribution in [2.24, 2.45) is 0 Å². The summed E-state index contributed by atoms with van der Waals surface area (Å²) in [6.07, 6.45) is 7.79. The molecule has 2 amide bonds. The van der Waals surface area contributed by atoms with Crippen LogP contribution in [0.25, 0.3) is 0 Å². The Morgan fingerprint density at radius 3 is 2.88 bits per heavy atom. The van der Waals surface area contributed by atoms with Crippen LogP contribution >= 0.6 is 0 Å². The topological polar surface area (TPSA) is 49.4 Å². The predicted octanol–water partition coefficient (Wildman–Crippen LogP) is 0.832. The van der Waals surface area contributed by atoms with E-state index in [0.29, 0.717) is 6.42 Å². The van der Waals surface area contributed by atoms with Gasteiger partial charge >= 0.3 is 0 Å². The number of nitrogens with zero attached hydrogens (tertiary/aromatic N) is 1. The first-order valence-corrected chi connectivity index (χ1v) is 5.97. The molecule has 0 aromatic carbocycles. The van der Waals surface area contributed by atoms with Crippen LogP contribution in [0.2, 0.25) is 0 Å². The van der Waals surface area contributed by atoms with Crippen LogP contribution in [-0.2, 0) is 9.59 Å². The third kappa shape index (κ3) is 2.10. The van der Waals surface area contributed by atoms with E-state index in [2.05, 4.69) is 17.5 Å². The molecular weight excluding hydrogens is 204 g/mol. The van der Waals surface area contributed by atoms with Gasteiger partial charge in [-0.15, -0.1) is 0 Å². The van der Waals surface area contributed by atoms with Crippen molar-refractivity contribution in [3.05, 3.63) is 12.2 Å². The molecule has 0 bridgehead atoms. The van der Waals surface area contributed by atoms with E-state index in [9.17, 15) is 9.59 Å². The normalized spacial score (nSPS) is 30.4. The van der Waals surface area contributed by atoms with Crippen molar-refractivity contribution in [2.45, 2.75) is 44.7 Å². The highest BCUT2D eigenvalue weighted by atomic mass is 16.2. The smallest absolute Gasteiger partial charge is 0.245 e. The molecular formula is C12H18N2O2. The monoisotopic (exact) mass is 222 g/mol. The van der Waals surface area contributed by atoms with Crippen LogP contribution in [-0.4, -0.2) is 35.3 Å². The lowest BCUT2D eigenvalue weighted by molar-refractivity contribution is -0.146. The van der Waals surface area contributed by atoms with Crippen molar-refractivity contribution in [3.63, 3.8) is 0 Å². The summed E-state index contributed by atoms with van der Waals surface area (Å²) in [6.45, 7) is 2.15. The van der Waals surface area contributed by atoms with Gasteiger partial charge < -0.3 is 10.2 Å². The molecule has 4 heteroatoms. The summed E-state index contributed by atoms with van der Waals surface area (Å²) in [4.78, 5) is 25.4. The number of nitrogens with one attached hydrogen (secondary N) is 1. The second kappa shape index (κ2) is 4.68. The lowest BCUT2D eigenvalue weighted by atomic mass is 9.98. The predicted molar refractivity (Wildman–Crippen MR) is 60.7 cm³/mol. The fraction of sp³-hybridized carbons (Fsp3) is 0.667. The van der Waals surface area contributed by atoms with Gasteiger partial charge in [-0.05, 0) is 25.7 Å². The summed E-state index contributed by atoms with van der Waals surface area (Å²) in [7, 11) is 0. The fourth-order valence-electron chi connectivity index (χ4n) is 2.38. The van der Waals surface area contributed by atoms with E-state index < -0.39 is 0 Å². The number of hydrogen-bond donors (Lipinski definition) is 1. The lowest BCUT2D eigenvalue weighted by Crippen LogP contribution is -2.60. The zero-order chi connectivity index (χ0) is 11.5. The van der Waals surface area contributed by atoms with Gasteiger partial charge in [-0.3, -0.25) is 9.59 Å². The van der Waals surface area contributed by atoms with E-state index in [1.54, 1.807) is 4.90 Å². The van der Waals surface area contributed by atoms with Gasteiger partial charge in [-0.1, -0.05) is 19.1 Å². The zero-order valence-corrected chi connectivity index (χ0v) is 9.61. The molecule has 2 unspecified atom stereocenters. The summed E-state index contributed by atoms with van der Waals surface area (Å²) in [5, 5.41) is 2.74. The minimum absolute atomic E-state index is 0.0268. The summed E-state index contributed by atoms with van der Waals surface area (Å²) < 4.78 is 0. The Hall–Kier alpha value is -1.32. The summed E-state index contributed by atoms with van der Waals surface area (Å²) >= 11 is 0. The molecule has 0 aromatic heterocycles. The van der Waals surface area contributed by atoms with Crippen LogP contribution in [0.4, 0.5) is 0 Å². The minimum Gasteiger partial charge on any atom is -0.343 e. The Bertz CT molecular complexity index is 325. The van der Waals surface area contributed by atoms with Crippen molar-refractivity contribution in [1.82, 2.24) is 10.2 Å². The van der Waals surface area contributed by atoms with E-state index in [-0.39, 0.29) is 30.4 Å². The molecule has 88 valence electrons. The Balaban J connectivity index is 2.09. The van der Waals surface area contributed by atoms with Gasteiger partial charge in [-0.2, -0.15) is 0 Å². The van der Waals surface area contributed by atoms with Gasteiger partial charge in [0.2, 0.25) is 11.8 Å². The molecule has 16 heavy (non-hydrogen) atoms. The van der Waals surface area contributed by atoms with E-state index in [0.717, 1.165) is 19.3 Å². The Morgan fingerprint density at radius 2 is 2.25 bits per heavy atom. The Morgan fingerprint density at radius 1 is 1.44 bits per heavy atom. The van der Waals surface area contributed by atoms with E-state index >= 15 is 0 Å². The number of hydrogen-bond acceptors (Lipinski definition) is 2. The average Bonchev–Trinajstić information content (AvgIpc) is 2.33. The minimum atomic E-state index is -0.313. The van der Waals surface area contributed by atoms with Gasteiger partial charge in [0, 0.05) is 6.04 Å². The number of carbonyl (C=O) groups is 2. The third-order valence-corrected chi connectivity index (χ3v) is 3.32. The maximum Gasteiger partial charge on any atom is 0.245 e. The molecule has 1 aliphatic carbocycles. The number of amides is 2. The molecule has 1 saturated heterocycles. The van der Waals surface area contributed by atoms with Crippen molar-refractivity contribution >= 4 is 11.8 Å². The Kier molecular flexibility index (Phi) is 3.27. The van der Waals surface area contributed by atoms with Gasteiger partial charge in [0.05, 0.1) is 6.54 Å². The highest BCUT2D eigenvalue weighted by Crippen LogP contribution is 2.20. The molecule has 0 saturated carbocycles. The molecule has 0 spiro atoms.